The molecule has 2 aliphatic heterocycles. The van der Waals surface area contributed by atoms with Crippen LogP contribution in [-0.2, 0) is 0 Å². The van der Waals surface area contributed by atoms with Crippen molar-refractivity contribution in [2.24, 2.45) is 5.92 Å². The molecule has 2 bridgehead atoms. The molecule has 21 heavy (non-hydrogen) atoms. The first-order valence-electron chi connectivity index (χ1n) is 7.75. The number of rotatable bonds is 3. The van der Waals surface area contributed by atoms with Crippen LogP contribution in [0.1, 0.15) is 18.7 Å². The third-order valence-electron chi connectivity index (χ3n) is 4.82. The van der Waals surface area contributed by atoms with Gasteiger partial charge in [0.15, 0.2) is 5.82 Å². The van der Waals surface area contributed by atoms with E-state index in [0.717, 1.165) is 23.2 Å². The van der Waals surface area contributed by atoms with Crippen LogP contribution in [0.3, 0.4) is 0 Å². The Bertz CT molecular complexity index is 635. The number of fused-ring (bicyclic) bond motifs is 2. The van der Waals surface area contributed by atoms with Gasteiger partial charge < -0.3 is 10.2 Å². The van der Waals surface area contributed by atoms with E-state index in [-0.39, 0.29) is 0 Å². The maximum absolute atomic E-state index is 4.56. The van der Waals surface area contributed by atoms with Gasteiger partial charge in [-0.1, -0.05) is 0 Å². The van der Waals surface area contributed by atoms with Crippen molar-refractivity contribution < 1.29 is 0 Å². The smallest absolute Gasteiger partial charge is 0.161 e. The minimum Gasteiger partial charge on any atom is -0.379 e. The number of piperidine rings is 1. The minimum absolute atomic E-state index is 0.565. The summed E-state index contributed by atoms with van der Waals surface area (Å²) in [6.45, 7) is 5.74. The van der Waals surface area contributed by atoms with E-state index in [2.05, 4.69) is 26.3 Å². The molecule has 2 aromatic rings. The van der Waals surface area contributed by atoms with Crippen molar-refractivity contribution in [3.05, 3.63) is 36.5 Å². The maximum atomic E-state index is 4.56. The monoisotopic (exact) mass is 283 g/mol. The third kappa shape index (κ3) is 2.31. The van der Waals surface area contributed by atoms with Gasteiger partial charge in [-0.05, 0) is 44.4 Å². The second-order valence-corrected chi connectivity index (χ2v) is 6.11. The second kappa shape index (κ2) is 5.15. The minimum atomic E-state index is 0.565. The van der Waals surface area contributed by atoms with Gasteiger partial charge in [0.25, 0.3) is 0 Å². The van der Waals surface area contributed by atoms with Gasteiger partial charge in [0.1, 0.15) is 5.82 Å². The highest BCUT2D eigenvalue weighted by Crippen LogP contribution is 2.30. The molecule has 0 saturated carbocycles. The number of aromatic nitrogens is 3. The molecular weight excluding hydrogens is 262 g/mol. The number of anilines is 1. The molecule has 110 valence electrons. The number of hydrogen-bond donors (Lipinski definition) is 1. The van der Waals surface area contributed by atoms with Crippen LogP contribution in [0.5, 0.6) is 0 Å². The van der Waals surface area contributed by atoms with Gasteiger partial charge in [-0.15, -0.1) is 0 Å². The van der Waals surface area contributed by atoms with Crippen molar-refractivity contribution in [2.45, 2.75) is 25.8 Å². The number of aryl methyl sites for hydroxylation is 1. The highest BCUT2D eigenvalue weighted by molar-refractivity contribution is 5.57. The van der Waals surface area contributed by atoms with E-state index in [0.29, 0.717) is 6.04 Å². The topological polar surface area (TPSA) is 46.0 Å². The molecule has 2 saturated heterocycles. The standard InChI is InChI=1S/C16H21N5/c1-12-17-7-10-21(12)16-15(3-2-6-18-16)19-14-5-9-20-8-4-13(14)11-20/h2-3,6-7,10,13-14,19H,4-5,8-9,11H2,1H3. The van der Waals surface area contributed by atoms with Gasteiger partial charge in [-0.3, -0.25) is 4.57 Å². The summed E-state index contributed by atoms with van der Waals surface area (Å²) in [5.41, 5.74) is 1.11. The molecule has 5 nitrogen and oxygen atoms in total. The quantitative estimate of drug-likeness (QED) is 0.937. The van der Waals surface area contributed by atoms with Crippen LogP contribution in [0, 0.1) is 12.8 Å². The van der Waals surface area contributed by atoms with Crippen LogP contribution in [0.2, 0.25) is 0 Å². The first kappa shape index (κ1) is 12.8. The predicted octanol–water partition coefficient (Wildman–Crippen LogP) is 2.08. The van der Waals surface area contributed by atoms with Gasteiger partial charge in [-0.25, -0.2) is 9.97 Å². The molecule has 2 aliphatic rings. The molecular formula is C16H21N5. The number of pyridine rings is 1. The normalized spacial score (nSPS) is 27.8. The summed E-state index contributed by atoms with van der Waals surface area (Å²) in [5.74, 6) is 2.69. The van der Waals surface area contributed by atoms with Crippen LogP contribution < -0.4 is 5.32 Å². The van der Waals surface area contributed by atoms with E-state index < -0.39 is 0 Å². The molecule has 4 heterocycles. The Labute approximate surface area is 125 Å². The summed E-state index contributed by atoms with van der Waals surface area (Å²) in [7, 11) is 0. The van der Waals surface area contributed by atoms with Crippen molar-refractivity contribution in [1.29, 1.82) is 0 Å². The molecule has 0 radical (unpaired) electrons. The molecule has 2 aromatic heterocycles. The number of hydrogen-bond acceptors (Lipinski definition) is 4. The largest absolute Gasteiger partial charge is 0.379 e. The third-order valence-corrected chi connectivity index (χ3v) is 4.82. The average Bonchev–Trinajstić information content (AvgIpc) is 3.09. The van der Waals surface area contributed by atoms with E-state index in [1.807, 2.05) is 36.1 Å². The predicted molar refractivity (Wildman–Crippen MR) is 82.7 cm³/mol. The Morgan fingerprint density at radius 1 is 1.19 bits per heavy atom. The fourth-order valence-electron chi connectivity index (χ4n) is 3.64. The molecule has 0 amide bonds. The lowest BCUT2D eigenvalue weighted by molar-refractivity contribution is 0.255. The molecule has 0 spiro atoms. The second-order valence-electron chi connectivity index (χ2n) is 6.11. The van der Waals surface area contributed by atoms with Crippen molar-refractivity contribution in [2.75, 3.05) is 25.0 Å². The molecule has 0 aliphatic carbocycles. The van der Waals surface area contributed by atoms with Crippen LogP contribution in [-0.4, -0.2) is 45.1 Å². The Hall–Kier alpha value is -1.88. The van der Waals surface area contributed by atoms with Crippen molar-refractivity contribution >= 4 is 5.69 Å². The molecule has 4 rings (SSSR count). The highest BCUT2D eigenvalue weighted by atomic mass is 15.2. The highest BCUT2D eigenvalue weighted by Gasteiger charge is 2.34. The lowest BCUT2D eigenvalue weighted by Crippen LogP contribution is -2.39. The van der Waals surface area contributed by atoms with Gasteiger partial charge in [0.2, 0.25) is 0 Å². The van der Waals surface area contributed by atoms with Crippen LogP contribution >= 0.6 is 0 Å². The maximum Gasteiger partial charge on any atom is 0.161 e. The zero-order chi connectivity index (χ0) is 14.2. The Morgan fingerprint density at radius 2 is 2.10 bits per heavy atom. The number of imidazole rings is 1. The Kier molecular flexibility index (Phi) is 3.15. The molecule has 3 atom stereocenters. The van der Waals surface area contributed by atoms with Gasteiger partial charge in [0, 0.05) is 37.7 Å². The van der Waals surface area contributed by atoms with E-state index in [1.165, 1.54) is 32.5 Å². The van der Waals surface area contributed by atoms with E-state index in [9.17, 15) is 0 Å². The zero-order valence-electron chi connectivity index (χ0n) is 12.4. The Balaban J connectivity index is 1.62. The van der Waals surface area contributed by atoms with Crippen molar-refractivity contribution in [1.82, 2.24) is 19.4 Å². The summed E-state index contributed by atoms with van der Waals surface area (Å²) in [6.07, 6.45) is 8.18. The van der Waals surface area contributed by atoms with E-state index in [1.54, 1.807) is 0 Å². The first-order valence-corrected chi connectivity index (χ1v) is 7.75. The van der Waals surface area contributed by atoms with Crippen molar-refractivity contribution in [3.63, 3.8) is 0 Å². The van der Waals surface area contributed by atoms with Gasteiger partial charge >= 0.3 is 0 Å². The molecule has 1 N–H and O–H groups in total. The van der Waals surface area contributed by atoms with Crippen LogP contribution in [0.15, 0.2) is 30.7 Å². The summed E-state index contributed by atoms with van der Waals surface area (Å²) >= 11 is 0. The number of nitrogens with zero attached hydrogens (tertiary/aromatic N) is 4. The zero-order valence-corrected chi connectivity index (χ0v) is 12.4. The molecule has 2 fully saturated rings. The summed E-state index contributed by atoms with van der Waals surface area (Å²) < 4.78 is 2.05. The molecule has 0 aromatic carbocycles. The SMILES string of the molecule is Cc1nccn1-c1ncccc1NC1CCN2CCC1C2. The number of nitrogens with one attached hydrogen (secondary N) is 1. The lowest BCUT2D eigenvalue weighted by atomic mass is 9.94. The summed E-state index contributed by atoms with van der Waals surface area (Å²) in [6, 6.07) is 4.70. The van der Waals surface area contributed by atoms with Crippen LogP contribution in [0.25, 0.3) is 5.82 Å². The lowest BCUT2D eigenvalue weighted by Gasteiger charge is -2.32. The molecule has 3 unspecified atom stereocenters. The summed E-state index contributed by atoms with van der Waals surface area (Å²) in [4.78, 5) is 11.4. The van der Waals surface area contributed by atoms with Gasteiger partial charge in [0.05, 0.1) is 5.69 Å². The summed E-state index contributed by atoms with van der Waals surface area (Å²) in [5, 5.41) is 3.75. The Morgan fingerprint density at radius 3 is 2.95 bits per heavy atom. The fraction of sp³-hybridized carbons (Fsp3) is 0.500. The first-order chi connectivity index (χ1) is 10.3. The average molecular weight is 283 g/mol. The van der Waals surface area contributed by atoms with E-state index in [4.69, 9.17) is 0 Å². The van der Waals surface area contributed by atoms with E-state index >= 15 is 0 Å². The van der Waals surface area contributed by atoms with Crippen molar-refractivity contribution in [3.8, 4) is 5.82 Å². The van der Waals surface area contributed by atoms with Gasteiger partial charge in [-0.2, -0.15) is 0 Å². The molecule has 5 heteroatoms. The fourth-order valence-corrected chi connectivity index (χ4v) is 3.64. The van der Waals surface area contributed by atoms with Crippen LogP contribution in [0.4, 0.5) is 5.69 Å².